The zero-order valence-corrected chi connectivity index (χ0v) is 10.6. The predicted molar refractivity (Wildman–Crippen MR) is 65.7 cm³/mol. The van der Waals surface area contributed by atoms with Crippen molar-refractivity contribution in [1.29, 1.82) is 0 Å². The Bertz CT molecular complexity index is 264. The van der Waals surface area contributed by atoms with Crippen molar-refractivity contribution in [3.05, 3.63) is 0 Å². The Morgan fingerprint density at radius 3 is 2.35 bits per heavy atom. The average molecular weight is 242 g/mol. The van der Waals surface area contributed by atoms with Gasteiger partial charge in [0, 0.05) is 46.2 Å². The van der Waals surface area contributed by atoms with Gasteiger partial charge in [0.25, 0.3) is 0 Å². The summed E-state index contributed by atoms with van der Waals surface area (Å²) in [6.45, 7) is 1.67. The maximum atomic E-state index is 11.3. The Kier molecular flexibility index (Phi) is 5.76. The number of nitrogens with one attached hydrogen (secondary N) is 3. The zero-order valence-electron chi connectivity index (χ0n) is 10.6. The van der Waals surface area contributed by atoms with Crippen LogP contribution in [0.15, 0.2) is 0 Å². The van der Waals surface area contributed by atoms with Crippen molar-refractivity contribution in [3.63, 3.8) is 0 Å². The molecule has 1 rings (SSSR count). The van der Waals surface area contributed by atoms with Gasteiger partial charge in [0.05, 0.1) is 0 Å². The molecule has 3 amide bonds. The standard InChI is InChI=1S/C11H22N4O2/c1-15(2)11(17)14-8-7-13-10(16)5-6-12-9-3-4-9/h9,12H,3-8H2,1-2H3,(H,13,16)(H,14,17). The molecule has 1 aliphatic carbocycles. The molecular formula is C11H22N4O2. The lowest BCUT2D eigenvalue weighted by atomic mass is 10.4. The fourth-order valence-corrected chi connectivity index (χ4v) is 1.30. The van der Waals surface area contributed by atoms with E-state index in [1.807, 2.05) is 0 Å². The van der Waals surface area contributed by atoms with Crippen LogP contribution in [0.4, 0.5) is 4.79 Å². The lowest BCUT2D eigenvalue weighted by Crippen LogP contribution is -2.40. The van der Waals surface area contributed by atoms with Gasteiger partial charge >= 0.3 is 6.03 Å². The molecule has 1 saturated carbocycles. The first kappa shape index (κ1) is 13.8. The molecule has 1 aliphatic rings. The number of carbonyl (C=O) groups is 2. The second-order valence-electron chi connectivity index (χ2n) is 4.45. The zero-order chi connectivity index (χ0) is 12.7. The van der Waals surface area contributed by atoms with Gasteiger partial charge in [-0.25, -0.2) is 4.79 Å². The number of hydrogen-bond donors (Lipinski definition) is 3. The number of rotatable bonds is 7. The van der Waals surface area contributed by atoms with Crippen LogP contribution in [0.1, 0.15) is 19.3 Å². The van der Waals surface area contributed by atoms with E-state index in [4.69, 9.17) is 0 Å². The maximum absolute atomic E-state index is 11.3. The Hall–Kier alpha value is -1.30. The van der Waals surface area contributed by atoms with Crippen molar-refractivity contribution in [2.45, 2.75) is 25.3 Å². The minimum Gasteiger partial charge on any atom is -0.354 e. The largest absolute Gasteiger partial charge is 0.354 e. The van der Waals surface area contributed by atoms with Crippen molar-refractivity contribution >= 4 is 11.9 Å². The van der Waals surface area contributed by atoms with Crippen LogP contribution in [0.3, 0.4) is 0 Å². The summed E-state index contributed by atoms with van der Waals surface area (Å²) in [5.41, 5.74) is 0. The fourth-order valence-electron chi connectivity index (χ4n) is 1.30. The highest BCUT2D eigenvalue weighted by molar-refractivity contribution is 5.76. The van der Waals surface area contributed by atoms with Gasteiger partial charge in [-0.05, 0) is 12.8 Å². The first-order valence-corrected chi connectivity index (χ1v) is 6.05. The number of carbonyl (C=O) groups excluding carboxylic acids is 2. The summed E-state index contributed by atoms with van der Waals surface area (Å²) in [5, 5.41) is 8.71. The summed E-state index contributed by atoms with van der Waals surface area (Å²) >= 11 is 0. The highest BCUT2D eigenvalue weighted by Gasteiger charge is 2.19. The number of amides is 3. The van der Waals surface area contributed by atoms with E-state index < -0.39 is 0 Å². The van der Waals surface area contributed by atoms with Crippen molar-refractivity contribution in [3.8, 4) is 0 Å². The topological polar surface area (TPSA) is 73.5 Å². The minimum atomic E-state index is -0.144. The van der Waals surface area contributed by atoms with Crippen molar-refractivity contribution in [1.82, 2.24) is 20.9 Å². The summed E-state index contributed by atoms with van der Waals surface area (Å²) in [6.07, 6.45) is 2.97. The monoisotopic (exact) mass is 242 g/mol. The lowest BCUT2D eigenvalue weighted by molar-refractivity contribution is -0.120. The van der Waals surface area contributed by atoms with E-state index in [9.17, 15) is 9.59 Å². The van der Waals surface area contributed by atoms with Crippen molar-refractivity contribution in [2.75, 3.05) is 33.7 Å². The molecule has 0 unspecified atom stereocenters. The predicted octanol–water partition coefficient (Wildman–Crippen LogP) is -0.484. The SMILES string of the molecule is CN(C)C(=O)NCCNC(=O)CCNC1CC1. The second-order valence-corrected chi connectivity index (χ2v) is 4.45. The molecule has 1 fully saturated rings. The third-order valence-electron chi connectivity index (χ3n) is 2.49. The Morgan fingerprint density at radius 2 is 1.76 bits per heavy atom. The van der Waals surface area contributed by atoms with Crippen LogP contribution < -0.4 is 16.0 Å². The van der Waals surface area contributed by atoms with Gasteiger partial charge in [-0.15, -0.1) is 0 Å². The van der Waals surface area contributed by atoms with Crippen molar-refractivity contribution in [2.24, 2.45) is 0 Å². The van der Waals surface area contributed by atoms with E-state index in [-0.39, 0.29) is 11.9 Å². The maximum Gasteiger partial charge on any atom is 0.316 e. The molecule has 0 saturated heterocycles. The normalized spacial score (nSPS) is 14.2. The summed E-state index contributed by atoms with van der Waals surface area (Å²) in [4.78, 5) is 23.9. The molecule has 0 aromatic heterocycles. The fraction of sp³-hybridized carbons (Fsp3) is 0.818. The first-order chi connectivity index (χ1) is 8.09. The van der Waals surface area contributed by atoms with Gasteiger partial charge in [-0.2, -0.15) is 0 Å². The van der Waals surface area contributed by atoms with Crippen molar-refractivity contribution < 1.29 is 9.59 Å². The number of hydrogen-bond acceptors (Lipinski definition) is 3. The second kappa shape index (κ2) is 7.11. The molecule has 0 aromatic carbocycles. The number of urea groups is 1. The molecule has 0 atom stereocenters. The third kappa shape index (κ3) is 6.78. The smallest absolute Gasteiger partial charge is 0.316 e. The molecule has 98 valence electrons. The summed E-state index contributed by atoms with van der Waals surface area (Å²) in [6, 6.07) is 0.497. The number of nitrogens with zero attached hydrogens (tertiary/aromatic N) is 1. The molecular weight excluding hydrogens is 220 g/mol. The highest BCUT2D eigenvalue weighted by Crippen LogP contribution is 2.18. The van der Waals surface area contributed by atoms with Crippen LogP contribution in [-0.2, 0) is 4.79 Å². The van der Waals surface area contributed by atoms with Crippen LogP contribution in [0.2, 0.25) is 0 Å². The van der Waals surface area contributed by atoms with Crippen LogP contribution in [0.5, 0.6) is 0 Å². The van der Waals surface area contributed by atoms with E-state index in [1.165, 1.54) is 17.7 Å². The highest BCUT2D eigenvalue weighted by atomic mass is 16.2. The van der Waals surface area contributed by atoms with Crippen LogP contribution in [0, 0.1) is 0 Å². The Morgan fingerprint density at radius 1 is 1.12 bits per heavy atom. The Balaban J connectivity index is 1.90. The molecule has 0 aromatic rings. The van der Waals surface area contributed by atoms with E-state index in [0.717, 1.165) is 6.54 Å². The molecule has 3 N–H and O–H groups in total. The summed E-state index contributed by atoms with van der Waals surface area (Å²) in [7, 11) is 3.36. The van der Waals surface area contributed by atoms with Gasteiger partial charge in [0.2, 0.25) is 5.91 Å². The van der Waals surface area contributed by atoms with E-state index in [0.29, 0.717) is 25.6 Å². The molecule has 0 radical (unpaired) electrons. The van der Waals surface area contributed by atoms with Gasteiger partial charge in [-0.1, -0.05) is 0 Å². The minimum absolute atomic E-state index is 0.0252. The van der Waals surface area contributed by atoms with E-state index in [1.54, 1.807) is 14.1 Å². The van der Waals surface area contributed by atoms with Gasteiger partial charge in [0.15, 0.2) is 0 Å². The first-order valence-electron chi connectivity index (χ1n) is 6.05. The third-order valence-corrected chi connectivity index (χ3v) is 2.49. The van der Waals surface area contributed by atoms with E-state index >= 15 is 0 Å². The molecule has 17 heavy (non-hydrogen) atoms. The van der Waals surface area contributed by atoms with Crippen LogP contribution >= 0.6 is 0 Å². The lowest BCUT2D eigenvalue weighted by Gasteiger charge is -2.12. The molecule has 0 bridgehead atoms. The van der Waals surface area contributed by atoms with Gasteiger partial charge in [-0.3, -0.25) is 4.79 Å². The molecule has 0 spiro atoms. The summed E-state index contributed by atoms with van der Waals surface area (Å²) < 4.78 is 0. The molecule has 0 heterocycles. The van der Waals surface area contributed by atoms with E-state index in [2.05, 4.69) is 16.0 Å². The molecule has 6 heteroatoms. The molecule has 6 nitrogen and oxygen atoms in total. The van der Waals surface area contributed by atoms with Gasteiger partial charge in [0.1, 0.15) is 0 Å². The van der Waals surface area contributed by atoms with Crippen LogP contribution in [0.25, 0.3) is 0 Å². The van der Waals surface area contributed by atoms with Crippen LogP contribution in [-0.4, -0.2) is 56.6 Å². The quantitative estimate of drug-likeness (QED) is 0.528. The average Bonchev–Trinajstić information content (AvgIpc) is 3.08. The Labute approximate surface area is 102 Å². The summed E-state index contributed by atoms with van der Waals surface area (Å²) in [5.74, 6) is 0.0252. The molecule has 0 aliphatic heterocycles. The van der Waals surface area contributed by atoms with Gasteiger partial charge < -0.3 is 20.9 Å².